The van der Waals surface area contributed by atoms with Crippen molar-refractivity contribution >= 4 is 28.2 Å². The minimum Gasteiger partial charge on any atom is -0.398 e. The fourth-order valence-corrected chi connectivity index (χ4v) is 1.49. The van der Waals surface area contributed by atoms with Crippen molar-refractivity contribution in [2.45, 2.75) is 0 Å². The molecule has 5 heteroatoms. The first-order valence-electron chi connectivity index (χ1n) is 3.86. The molecule has 0 atom stereocenters. The quantitative estimate of drug-likeness (QED) is 0.656. The molecule has 1 heterocycles. The lowest BCUT2D eigenvalue weighted by Gasteiger charge is -2.04. The molecule has 3 nitrogen and oxygen atoms in total. The summed E-state index contributed by atoms with van der Waals surface area (Å²) >= 11 is 5.67. The summed E-state index contributed by atoms with van der Waals surface area (Å²) in [5.74, 6) is -0.640. The van der Waals surface area contributed by atoms with Crippen molar-refractivity contribution in [3.05, 3.63) is 39.4 Å². The number of anilines is 1. The first-order chi connectivity index (χ1) is 6.59. The second-order valence-corrected chi connectivity index (χ2v) is 3.25. The van der Waals surface area contributed by atoms with E-state index in [-0.39, 0.29) is 21.8 Å². The van der Waals surface area contributed by atoms with Crippen LogP contribution in [0.2, 0.25) is 5.02 Å². The van der Waals surface area contributed by atoms with Crippen LogP contribution in [-0.4, -0.2) is 4.98 Å². The van der Waals surface area contributed by atoms with Gasteiger partial charge in [-0.2, -0.15) is 0 Å². The Morgan fingerprint density at radius 2 is 2.14 bits per heavy atom. The largest absolute Gasteiger partial charge is 0.398 e. The smallest absolute Gasteiger partial charge is 0.248 e. The van der Waals surface area contributed by atoms with Crippen molar-refractivity contribution in [3.63, 3.8) is 0 Å². The van der Waals surface area contributed by atoms with E-state index in [1.165, 1.54) is 12.1 Å². The van der Waals surface area contributed by atoms with Gasteiger partial charge in [0.15, 0.2) is 0 Å². The maximum absolute atomic E-state index is 13.1. The van der Waals surface area contributed by atoms with E-state index < -0.39 is 5.82 Å². The number of nitrogens with one attached hydrogen (secondary N) is 1. The highest BCUT2D eigenvalue weighted by Crippen LogP contribution is 2.28. The summed E-state index contributed by atoms with van der Waals surface area (Å²) in [5, 5.41) is 0.419. The van der Waals surface area contributed by atoms with Gasteiger partial charge in [0.2, 0.25) is 5.56 Å². The average molecular weight is 213 g/mol. The summed E-state index contributed by atoms with van der Waals surface area (Å²) in [4.78, 5) is 13.4. The molecule has 0 aliphatic rings. The Hall–Kier alpha value is -1.55. The summed E-state index contributed by atoms with van der Waals surface area (Å²) in [6.07, 6.45) is 0. The van der Waals surface area contributed by atoms with E-state index in [4.69, 9.17) is 17.3 Å². The number of nitrogens with two attached hydrogens (primary N) is 1. The fraction of sp³-hybridized carbons (Fsp3) is 0. The standard InChI is InChI=1S/C9H6ClFN2O/c10-8-5(11)3-6(12)4-1-2-7(14)13-9(4)8/h1-3H,12H2,(H,13,14). The van der Waals surface area contributed by atoms with Crippen LogP contribution in [0.5, 0.6) is 0 Å². The number of nitrogen functional groups attached to an aromatic ring is 1. The molecule has 2 rings (SSSR count). The van der Waals surface area contributed by atoms with Crippen molar-refractivity contribution in [1.82, 2.24) is 4.98 Å². The molecule has 0 unspecified atom stereocenters. The van der Waals surface area contributed by atoms with Gasteiger partial charge < -0.3 is 10.7 Å². The number of aromatic amines is 1. The highest BCUT2D eigenvalue weighted by atomic mass is 35.5. The zero-order valence-corrected chi connectivity index (χ0v) is 7.73. The molecule has 3 N–H and O–H groups in total. The minimum atomic E-state index is -0.640. The van der Waals surface area contributed by atoms with Crippen molar-refractivity contribution in [3.8, 4) is 0 Å². The van der Waals surface area contributed by atoms with Gasteiger partial charge in [-0.25, -0.2) is 4.39 Å². The predicted octanol–water partition coefficient (Wildman–Crippen LogP) is 1.90. The topological polar surface area (TPSA) is 58.9 Å². The molecule has 1 aromatic heterocycles. The molecule has 0 radical (unpaired) electrons. The second-order valence-electron chi connectivity index (χ2n) is 2.87. The second kappa shape index (κ2) is 2.99. The number of halogens is 2. The number of pyridine rings is 1. The molecule has 0 saturated heterocycles. The number of hydrogen-bond donors (Lipinski definition) is 2. The summed E-state index contributed by atoms with van der Waals surface area (Å²) in [5.41, 5.74) is 5.69. The van der Waals surface area contributed by atoms with Crippen LogP contribution in [0, 0.1) is 5.82 Å². The molecule has 0 amide bonds. The van der Waals surface area contributed by atoms with Gasteiger partial charge in [-0.1, -0.05) is 11.6 Å². The summed E-state index contributed by atoms with van der Waals surface area (Å²) in [7, 11) is 0. The van der Waals surface area contributed by atoms with Crippen LogP contribution in [0.1, 0.15) is 0 Å². The Labute approximate surface area is 83.3 Å². The van der Waals surface area contributed by atoms with Crippen LogP contribution < -0.4 is 11.3 Å². The molecule has 0 aliphatic heterocycles. The lowest BCUT2D eigenvalue weighted by Crippen LogP contribution is -2.04. The fourth-order valence-electron chi connectivity index (χ4n) is 1.29. The number of H-pyrrole nitrogens is 1. The van der Waals surface area contributed by atoms with Gasteiger partial charge in [0, 0.05) is 17.1 Å². The molecule has 72 valence electrons. The number of rotatable bonds is 0. The molecule has 2 aromatic rings. The van der Waals surface area contributed by atoms with Gasteiger partial charge in [0.05, 0.1) is 5.52 Å². The van der Waals surface area contributed by atoms with Crippen molar-refractivity contribution in [2.75, 3.05) is 5.73 Å². The molecular formula is C9H6ClFN2O. The van der Waals surface area contributed by atoms with E-state index in [0.29, 0.717) is 5.39 Å². The highest BCUT2D eigenvalue weighted by Gasteiger charge is 2.08. The van der Waals surface area contributed by atoms with Gasteiger partial charge in [-0.15, -0.1) is 0 Å². The Kier molecular flexibility index (Phi) is 1.93. The van der Waals surface area contributed by atoms with E-state index >= 15 is 0 Å². The van der Waals surface area contributed by atoms with Crippen LogP contribution in [0.15, 0.2) is 23.0 Å². The van der Waals surface area contributed by atoms with Crippen LogP contribution in [0.25, 0.3) is 10.9 Å². The summed E-state index contributed by atoms with van der Waals surface area (Å²) < 4.78 is 13.1. The number of benzene rings is 1. The summed E-state index contributed by atoms with van der Waals surface area (Å²) in [6.45, 7) is 0. The molecule has 14 heavy (non-hydrogen) atoms. The zero-order valence-electron chi connectivity index (χ0n) is 6.97. The molecular weight excluding hydrogens is 207 g/mol. The minimum absolute atomic E-state index is 0.119. The monoisotopic (exact) mass is 212 g/mol. The molecule has 0 bridgehead atoms. The molecule has 1 aromatic carbocycles. The van der Waals surface area contributed by atoms with Gasteiger partial charge in [0.25, 0.3) is 0 Å². The molecule has 0 saturated carbocycles. The van der Waals surface area contributed by atoms with E-state index in [0.717, 1.165) is 6.07 Å². The molecule has 0 aliphatic carbocycles. The third-order valence-corrected chi connectivity index (χ3v) is 2.31. The van der Waals surface area contributed by atoms with Gasteiger partial charge in [-0.3, -0.25) is 4.79 Å². The molecule has 0 spiro atoms. The van der Waals surface area contributed by atoms with Gasteiger partial charge in [0.1, 0.15) is 10.8 Å². The normalized spacial score (nSPS) is 10.7. The lowest BCUT2D eigenvalue weighted by atomic mass is 10.2. The van der Waals surface area contributed by atoms with Crippen LogP contribution in [0.4, 0.5) is 10.1 Å². The van der Waals surface area contributed by atoms with E-state index in [9.17, 15) is 9.18 Å². The highest BCUT2D eigenvalue weighted by molar-refractivity contribution is 6.35. The maximum atomic E-state index is 13.1. The Balaban J connectivity index is 3.02. The maximum Gasteiger partial charge on any atom is 0.248 e. The number of hydrogen-bond acceptors (Lipinski definition) is 2. The third kappa shape index (κ3) is 1.24. The van der Waals surface area contributed by atoms with E-state index in [2.05, 4.69) is 4.98 Å². The van der Waals surface area contributed by atoms with Crippen molar-refractivity contribution < 1.29 is 4.39 Å². The molecule has 0 fully saturated rings. The predicted molar refractivity (Wildman–Crippen MR) is 53.9 cm³/mol. The average Bonchev–Trinajstić information content (AvgIpc) is 2.14. The van der Waals surface area contributed by atoms with Crippen molar-refractivity contribution in [2.24, 2.45) is 0 Å². The Bertz CT molecular complexity index is 564. The Morgan fingerprint density at radius 1 is 1.43 bits per heavy atom. The van der Waals surface area contributed by atoms with Crippen LogP contribution >= 0.6 is 11.6 Å². The van der Waals surface area contributed by atoms with E-state index in [1.807, 2.05) is 0 Å². The lowest BCUT2D eigenvalue weighted by molar-refractivity contribution is 0.630. The third-order valence-electron chi connectivity index (χ3n) is 1.94. The summed E-state index contributed by atoms with van der Waals surface area (Å²) in [6, 6.07) is 3.95. The first-order valence-corrected chi connectivity index (χ1v) is 4.24. The van der Waals surface area contributed by atoms with Gasteiger partial charge in [-0.05, 0) is 12.1 Å². The van der Waals surface area contributed by atoms with Crippen LogP contribution in [-0.2, 0) is 0 Å². The van der Waals surface area contributed by atoms with E-state index in [1.54, 1.807) is 0 Å². The first kappa shape index (κ1) is 9.02. The number of fused-ring (bicyclic) bond motifs is 1. The van der Waals surface area contributed by atoms with Crippen LogP contribution in [0.3, 0.4) is 0 Å². The Morgan fingerprint density at radius 3 is 2.86 bits per heavy atom. The van der Waals surface area contributed by atoms with Gasteiger partial charge >= 0.3 is 0 Å². The zero-order chi connectivity index (χ0) is 10.3. The number of aromatic nitrogens is 1. The van der Waals surface area contributed by atoms with Crippen molar-refractivity contribution in [1.29, 1.82) is 0 Å². The SMILES string of the molecule is Nc1cc(F)c(Cl)c2[nH]c(=O)ccc12.